The van der Waals surface area contributed by atoms with E-state index in [1.165, 1.54) is 25.7 Å². The summed E-state index contributed by atoms with van der Waals surface area (Å²) in [5, 5.41) is 3.57. The van der Waals surface area contributed by atoms with E-state index in [9.17, 15) is 0 Å². The molecule has 0 aliphatic carbocycles. The molecule has 100 valence electrons. The van der Waals surface area contributed by atoms with E-state index in [-0.39, 0.29) is 0 Å². The SMILES string of the molecule is CC(C)CNCC1CCCOC1C1CCCO1. The normalized spacial score (nSPS) is 34.4. The molecule has 2 saturated heterocycles. The first kappa shape index (κ1) is 13.3. The third kappa shape index (κ3) is 3.94. The third-order valence-corrected chi connectivity index (χ3v) is 3.78. The Hall–Kier alpha value is -0.120. The fourth-order valence-corrected chi connectivity index (χ4v) is 2.91. The maximum atomic E-state index is 5.97. The summed E-state index contributed by atoms with van der Waals surface area (Å²) in [6, 6.07) is 0. The molecule has 0 aromatic heterocycles. The summed E-state index contributed by atoms with van der Waals surface area (Å²) in [5.74, 6) is 1.37. The first-order chi connectivity index (χ1) is 8.27. The van der Waals surface area contributed by atoms with Crippen LogP contribution in [0.1, 0.15) is 39.5 Å². The van der Waals surface area contributed by atoms with Crippen LogP contribution in [0.5, 0.6) is 0 Å². The van der Waals surface area contributed by atoms with Gasteiger partial charge < -0.3 is 14.8 Å². The highest BCUT2D eigenvalue weighted by Gasteiger charge is 2.35. The Balaban J connectivity index is 1.79. The van der Waals surface area contributed by atoms with Gasteiger partial charge in [0, 0.05) is 25.7 Å². The Morgan fingerprint density at radius 3 is 2.59 bits per heavy atom. The Bertz CT molecular complexity index is 214. The molecule has 2 rings (SSSR count). The molecule has 3 unspecified atom stereocenters. The monoisotopic (exact) mass is 241 g/mol. The molecule has 1 N–H and O–H groups in total. The zero-order chi connectivity index (χ0) is 12.1. The van der Waals surface area contributed by atoms with Gasteiger partial charge in [0.05, 0.1) is 12.2 Å². The molecule has 3 nitrogen and oxygen atoms in total. The van der Waals surface area contributed by atoms with Crippen molar-refractivity contribution in [3.63, 3.8) is 0 Å². The number of hydrogen-bond acceptors (Lipinski definition) is 3. The topological polar surface area (TPSA) is 30.5 Å². The minimum absolute atomic E-state index is 0.339. The highest BCUT2D eigenvalue weighted by molar-refractivity contribution is 4.85. The van der Waals surface area contributed by atoms with Crippen LogP contribution >= 0.6 is 0 Å². The van der Waals surface area contributed by atoms with Gasteiger partial charge >= 0.3 is 0 Å². The van der Waals surface area contributed by atoms with Crippen LogP contribution in [0.3, 0.4) is 0 Å². The highest BCUT2D eigenvalue weighted by atomic mass is 16.5. The van der Waals surface area contributed by atoms with Gasteiger partial charge in [-0.1, -0.05) is 13.8 Å². The summed E-state index contributed by atoms with van der Waals surface area (Å²) in [6.45, 7) is 8.54. The van der Waals surface area contributed by atoms with Gasteiger partial charge in [0.1, 0.15) is 0 Å². The van der Waals surface area contributed by atoms with Crippen LogP contribution in [0.4, 0.5) is 0 Å². The van der Waals surface area contributed by atoms with Gasteiger partial charge in [0.2, 0.25) is 0 Å². The molecule has 0 aromatic carbocycles. The van der Waals surface area contributed by atoms with Gasteiger partial charge in [-0.15, -0.1) is 0 Å². The second-order valence-corrected chi connectivity index (χ2v) is 5.84. The van der Waals surface area contributed by atoms with Gasteiger partial charge in [-0.25, -0.2) is 0 Å². The molecule has 2 heterocycles. The van der Waals surface area contributed by atoms with Crippen LogP contribution in [0.25, 0.3) is 0 Å². The Kier molecular flexibility index (Phi) is 5.26. The summed E-state index contributed by atoms with van der Waals surface area (Å²) >= 11 is 0. The molecule has 2 aliphatic heterocycles. The minimum atomic E-state index is 0.339. The molecule has 3 atom stereocenters. The van der Waals surface area contributed by atoms with Gasteiger partial charge in [0.25, 0.3) is 0 Å². The van der Waals surface area contributed by atoms with E-state index < -0.39 is 0 Å². The molecule has 3 heteroatoms. The number of nitrogens with one attached hydrogen (secondary N) is 1. The van der Waals surface area contributed by atoms with E-state index in [0.29, 0.717) is 18.1 Å². The van der Waals surface area contributed by atoms with Gasteiger partial charge in [0.15, 0.2) is 0 Å². The van der Waals surface area contributed by atoms with Crippen molar-refractivity contribution in [3.05, 3.63) is 0 Å². The van der Waals surface area contributed by atoms with Gasteiger partial charge in [-0.2, -0.15) is 0 Å². The van der Waals surface area contributed by atoms with Crippen molar-refractivity contribution in [2.24, 2.45) is 11.8 Å². The average molecular weight is 241 g/mol. The van der Waals surface area contributed by atoms with Crippen molar-refractivity contribution in [1.82, 2.24) is 5.32 Å². The maximum Gasteiger partial charge on any atom is 0.0876 e. The van der Waals surface area contributed by atoms with E-state index in [0.717, 1.165) is 32.2 Å². The largest absolute Gasteiger partial charge is 0.376 e. The van der Waals surface area contributed by atoms with Crippen molar-refractivity contribution >= 4 is 0 Å². The summed E-state index contributed by atoms with van der Waals surface area (Å²) in [5.41, 5.74) is 0. The second-order valence-electron chi connectivity index (χ2n) is 5.84. The average Bonchev–Trinajstić information content (AvgIpc) is 2.82. The van der Waals surface area contributed by atoms with Crippen molar-refractivity contribution < 1.29 is 9.47 Å². The minimum Gasteiger partial charge on any atom is -0.376 e. The first-order valence-electron chi connectivity index (χ1n) is 7.21. The Labute approximate surface area is 105 Å². The van der Waals surface area contributed by atoms with Gasteiger partial charge in [-0.05, 0) is 38.1 Å². The van der Waals surface area contributed by atoms with E-state index in [1.54, 1.807) is 0 Å². The van der Waals surface area contributed by atoms with Crippen molar-refractivity contribution in [2.75, 3.05) is 26.3 Å². The lowest BCUT2D eigenvalue weighted by molar-refractivity contribution is -0.0999. The fourth-order valence-electron chi connectivity index (χ4n) is 2.91. The molecule has 0 radical (unpaired) electrons. The molecule has 0 bridgehead atoms. The van der Waals surface area contributed by atoms with Crippen LogP contribution in [-0.2, 0) is 9.47 Å². The summed E-state index contributed by atoms with van der Waals surface area (Å²) < 4.78 is 11.8. The lowest BCUT2D eigenvalue weighted by Gasteiger charge is -2.35. The third-order valence-electron chi connectivity index (χ3n) is 3.78. The molecule has 0 saturated carbocycles. The number of ether oxygens (including phenoxy) is 2. The van der Waals surface area contributed by atoms with E-state index in [4.69, 9.17) is 9.47 Å². The predicted octanol–water partition coefficient (Wildman–Crippen LogP) is 2.21. The van der Waals surface area contributed by atoms with Crippen molar-refractivity contribution in [1.29, 1.82) is 0 Å². The molecular weight excluding hydrogens is 214 g/mol. The predicted molar refractivity (Wildman–Crippen MR) is 69.1 cm³/mol. The highest BCUT2D eigenvalue weighted by Crippen LogP contribution is 2.29. The van der Waals surface area contributed by atoms with E-state index in [2.05, 4.69) is 19.2 Å². The van der Waals surface area contributed by atoms with Crippen LogP contribution < -0.4 is 5.32 Å². The molecular formula is C14H27NO2. The number of hydrogen-bond donors (Lipinski definition) is 1. The quantitative estimate of drug-likeness (QED) is 0.800. The lowest BCUT2D eigenvalue weighted by atomic mass is 9.89. The standard InChI is InChI=1S/C14H27NO2/c1-11(2)9-15-10-12-5-3-8-17-14(12)13-6-4-7-16-13/h11-15H,3-10H2,1-2H3. The molecule has 0 spiro atoms. The molecule has 17 heavy (non-hydrogen) atoms. The van der Waals surface area contributed by atoms with E-state index in [1.807, 2.05) is 0 Å². The second kappa shape index (κ2) is 6.72. The lowest BCUT2D eigenvalue weighted by Crippen LogP contribution is -2.44. The van der Waals surface area contributed by atoms with Crippen molar-refractivity contribution in [3.8, 4) is 0 Å². The molecule has 0 aromatic rings. The first-order valence-corrected chi connectivity index (χ1v) is 7.21. The van der Waals surface area contributed by atoms with Crippen LogP contribution in [0.15, 0.2) is 0 Å². The van der Waals surface area contributed by atoms with E-state index >= 15 is 0 Å². The molecule has 0 amide bonds. The zero-order valence-electron chi connectivity index (χ0n) is 11.3. The molecule has 2 fully saturated rings. The van der Waals surface area contributed by atoms with Crippen LogP contribution in [0, 0.1) is 11.8 Å². The summed E-state index contributed by atoms with van der Waals surface area (Å²) in [4.78, 5) is 0. The Morgan fingerprint density at radius 2 is 1.88 bits per heavy atom. The van der Waals surface area contributed by atoms with Crippen molar-refractivity contribution in [2.45, 2.75) is 51.7 Å². The summed E-state index contributed by atoms with van der Waals surface area (Å²) in [7, 11) is 0. The fraction of sp³-hybridized carbons (Fsp3) is 1.00. The number of rotatable bonds is 5. The Morgan fingerprint density at radius 1 is 1.12 bits per heavy atom. The maximum absolute atomic E-state index is 5.97. The van der Waals surface area contributed by atoms with Crippen LogP contribution in [0.2, 0.25) is 0 Å². The summed E-state index contributed by atoms with van der Waals surface area (Å²) in [6.07, 6.45) is 5.58. The zero-order valence-corrected chi connectivity index (χ0v) is 11.3. The molecule has 2 aliphatic rings. The van der Waals surface area contributed by atoms with Crippen LogP contribution in [-0.4, -0.2) is 38.5 Å². The van der Waals surface area contributed by atoms with Gasteiger partial charge in [-0.3, -0.25) is 0 Å². The smallest absolute Gasteiger partial charge is 0.0876 e.